The van der Waals surface area contributed by atoms with Crippen molar-refractivity contribution in [1.82, 2.24) is 10.6 Å². The minimum absolute atomic E-state index is 0.0264. The number of rotatable bonds is 5. The third-order valence-electron chi connectivity index (χ3n) is 4.71. The van der Waals surface area contributed by atoms with Crippen LogP contribution in [0.3, 0.4) is 0 Å². The summed E-state index contributed by atoms with van der Waals surface area (Å²) in [5.41, 5.74) is 0.600. The van der Waals surface area contributed by atoms with Crippen LogP contribution in [0.5, 0.6) is 5.75 Å². The van der Waals surface area contributed by atoms with Crippen LogP contribution in [0.25, 0.3) is 11.0 Å². The second-order valence-corrected chi connectivity index (χ2v) is 6.36. The van der Waals surface area contributed by atoms with Crippen LogP contribution in [0, 0.1) is 17.2 Å². The summed E-state index contributed by atoms with van der Waals surface area (Å²) >= 11 is 0. The summed E-state index contributed by atoms with van der Waals surface area (Å²) in [7, 11) is 1.58. The standard InChI is InChI=1S/C19H21N3O4/c1-25-13-6-7-16-12(10-13)11-17(26-16)19(24)22-15-5-3-2-4-14(15)18(23)21-9-8-20/h6-7,10-11,14-15H,2-5,9H2,1H3,(H,21,23)(H,22,24)/t14-,15+/m0/s1. The van der Waals surface area contributed by atoms with E-state index in [4.69, 9.17) is 14.4 Å². The van der Waals surface area contributed by atoms with Crippen LogP contribution < -0.4 is 15.4 Å². The number of nitrogens with one attached hydrogen (secondary N) is 2. The highest BCUT2D eigenvalue weighted by Gasteiger charge is 2.32. The first-order valence-corrected chi connectivity index (χ1v) is 8.65. The van der Waals surface area contributed by atoms with Crippen molar-refractivity contribution in [2.75, 3.05) is 13.7 Å². The van der Waals surface area contributed by atoms with Crippen LogP contribution >= 0.6 is 0 Å². The molecule has 26 heavy (non-hydrogen) atoms. The highest BCUT2D eigenvalue weighted by atomic mass is 16.5. The number of hydrogen-bond acceptors (Lipinski definition) is 5. The molecule has 2 atom stereocenters. The molecule has 7 nitrogen and oxygen atoms in total. The minimum atomic E-state index is -0.342. The number of carbonyl (C=O) groups excluding carboxylic acids is 2. The Morgan fingerprint density at radius 3 is 2.88 bits per heavy atom. The van der Waals surface area contributed by atoms with Crippen molar-refractivity contribution >= 4 is 22.8 Å². The number of ether oxygens (including phenoxy) is 1. The number of benzene rings is 1. The maximum absolute atomic E-state index is 12.6. The molecule has 7 heteroatoms. The first kappa shape index (κ1) is 17.8. The van der Waals surface area contributed by atoms with E-state index in [2.05, 4.69) is 10.6 Å². The Morgan fingerprint density at radius 1 is 1.31 bits per heavy atom. The van der Waals surface area contributed by atoms with Crippen LogP contribution in [-0.4, -0.2) is 31.5 Å². The molecule has 1 heterocycles. The molecule has 136 valence electrons. The van der Waals surface area contributed by atoms with Gasteiger partial charge in [-0.05, 0) is 37.1 Å². The number of nitrogens with zero attached hydrogens (tertiary/aromatic N) is 1. The molecule has 1 aromatic heterocycles. The number of methoxy groups -OCH3 is 1. The summed E-state index contributed by atoms with van der Waals surface area (Å²) in [4.78, 5) is 24.8. The SMILES string of the molecule is COc1ccc2oc(C(=O)N[C@@H]3CCCC[C@@H]3C(=O)NCC#N)cc2c1. The Hall–Kier alpha value is -3.01. The fourth-order valence-electron chi connectivity index (χ4n) is 3.38. The maximum Gasteiger partial charge on any atom is 0.287 e. The molecular formula is C19H21N3O4. The van der Waals surface area contributed by atoms with E-state index in [1.54, 1.807) is 31.4 Å². The molecule has 0 aliphatic heterocycles. The van der Waals surface area contributed by atoms with Crippen molar-refractivity contribution < 1.29 is 18.7 Å². The Bertz CT molecular complexity index is 852. The summed E-state index contributed by atoms with van der Waals surface area (Å²) in [6.45, 7) is -0.0264. The summed E-state index contributed by atoms with van der Waals surface area (Å²) < 4.78 is 10.8. The van der Waals surface area contributed by atoms with Gasteiger partial charge in [0.2, 0.25) is 5.91 Å². The molecule has 1 fully saturated rings. The van der Waals surface area contributed by atoms with Gasteiger partial charge in [-0.3, -0.25) is 9.59 Å². The Labute approximate surface area is 151 Å². The van der Waals surface area contributed by atoms with Crippen molar-refractivity contribution in [2.45, 2.75) is 31.7 Å². The molecule has 2 amide bonds. The van der Waals surface area contributed by atoms with Crippen LogP contribution in [0.2, 0.25) is 0 Å². The number of fused-ring (bicyclic) bond motifs is 1. The van der Waals surface area contributed by atoms with Crippen LogP contribution in [0.4, 0.5) is 0 Å². The predicted octanol–water partition coefficient (Wildman–Crippen LogP) is 2.37. The van der Waals surface area contributed by atoms with Gasteiger partial charge in [-0.25, -0.2) is 0 Å². The van der Waals surface area contributed by atoms with E-state index in [1.165, 1.54) is 0 Å². The average Bonchev–Trinajstić information content (AvgIpc) is 3.09. The monoisotopic (exact) mass is 355 g/mol. The van der Waals surface area contributed by atoms with E-state index in [0.29, 0.717) is 17.8 Å². The van der Waals surface area contributed by atoms with Crippen LogP contribution in [-0.2, 0) is 4.79 Å². The van der Waals surface area contributed by atoms with Gasteiger partial charge >= 0.3 is 0 Å². The summed E-state index contributed by atoms with van der Waals surface area (Å²) in [6.07, 6.45) is 3.30. The molecule has 0 bridgehead atoms. The van der Waals surface area contributed by atoms with Gasteiger partial charge in [-0.15, -0.1) is 0 Å². The number of nitriles is 1. The molecule has 1 saturated carbocycles. The molecule has 1 aliphatic carbocycles. The predicted molar refractivity (Wildman–Crippen MR) is 94.6 cm³/mol. The zero-order valence-corrected chi connectivity index (χ0v) is 14.6. The number of hydrogen-bond donors (Lipinski definition) is 2. The molecule has 0 spiro atoms. The highest BCUT2D eigenvalue weighted by Crippen LogP contribution is 2.27. The lowest BCUT2D eigenvalue weighted by Crippen LogP contribution is -2.48. The first-order chi connectivity index (χ1) is 12.6. The van der Waals surface area contributed by atoms with Gasteiger partial charge in [-0.1, -0.05) is 12.8 Å². The largest absolute Gasteiger partial charge is 0.497 e. The zero-order valence-electron chi connectivity index (χ0n) is 14.6. The Balaban J connectivity index is 1.73. The molecule has 1 aromatic carbocycles. The van der Waals surface area contributed by atoms with Crippen molar-refractivity contribution in [3.8, 4) is 11.8 Å². The summed E-state index contributed by atoms with van der Waals surface area (Å²) in [6, 6.07) is 8.62. The lowest BCUT2D eigenvalue weighted by atomic mass is 9.83. The number of carbonyl (C=O) groups is 2. The second kappa shape index (κ2) is 7.91. The van der Waals surface area contributed by atoms with Crippen molar-refractivity contribution in [3.63, 3.8) is 0 Å². The van der Waals surface area contributed by atoms with E-state index in [9.17, 15) is 9.59 Å². The number of furan rings is 1. The fourth-order valence-corrected chi connectivity index (χ4v) is 3.38. The van der Waals surface area contributed by atoms with E-state index < -0.39 is 0 Å². The Morgan fingerprint density at radius 2 is 2.12 bits per heavy atom. The fraction of sp³-hybridized carbons (Fsp3) is 0.421. The Kier molecular flexibility index (Phi) is 5.42. The smallest absolute Gasteiger partial charge is 0.287 e. The van der Waals surface area contributed by atoms with Gasteiger partial charge in [0.1, 0.15) is 17.9 Å². The average molecular weight is 355 g/mol. The van der Waals surface area contributed by atoms with Crippen molar-refractivity contribution in [1.29, 1.82) is 5.26 Å². The van der Waals surface area contributed by atoms with Crippen LogP contribution in [0.1, 0.15) is 36.2 Å². The third kappa shape index (κ3) is 3.80. The topological polar surface area (TPSA) is 104 Å². The zero-order chi connectivity index (χ0) is 18.5. The normalized spacial score (nSPS) is 19.5. The van der Waals surface area contributed by atoms with E-state index >= 15 is 0 Å². The van der Waals surface area contributed by atoms with Crippen molar-refractivity contribution in [3.05, 3.63) is 30.0 Å². The van der Waals surface area contributed by atoms with Gasteiger partial charge in [0.15, 0.2) is 5.76 Å². The summed E-state index contributed by atoms with van der Waals surface area (Å²) in [5, 5.41) is 14.9. The lowest BCUT2D eigenvalue weighted by molar-refractivity contribution is -0.126. The van der Waals surface area contributed by atoms with Gasteiger partial charge in [0.25, 0.3) is 5.91 Å². The molecule has 0 saturated heterocycles. The lowest BCUT2D eigenvalue weighted by Gasteiger charge is -2.30. The second-order valence-electron chi connectivity index (χ2n) is 6.36. The van der Waals surface area contributed by atoms with Crippen molar-refractivity contribution in [2.24, 2.45) is 5.92 Å². The maximum atomic E-state index is 12.6. The molecule has 1 aliphatic rings. The van der Waals surface area contributed by atoms with Gasteiger partial charge in [-0.2, -0.15) is 5.26 Å². The summed E-state index contributed by atoms with van der Waals surface area (Å²) in [5.74, 6) is 0.0309. The van der Waals surface area contributed by atoms with Gasteiger partial charge < -0.3 is 19.8 Å². The molecule has 3 rings (SSSR count). The quantitative estimate of drug-likeness (QED) is 0.801. The first-order valence-electron chi connectivity index (χ1n) is 8.65. The van der Waals surface area contributed by atoms with Crippen LogP contribution in [0.15, 0.2) is 28.7 Å². The number of amides is 2. The molecular weight excluding hydrogens is 334 g/mol. The van der Waals surface area contributed by atoms with E-state index in [-0.39, 0.29) is 36.1 Å². The highest BCUT2D eigenvalue weighted by molar-refractivity contribution is 5.96. The molecule has 2 N–H and O–H groups in total. The van der Waals surface area contributed by atoms with Gasteiger partial charge in [0, 0.05) is 11.4 Å². The molecule has 0 radical (unpaired) electrons. The molecule has 0 unspecified atom stereocenters. The molecule has 2 aromatic rings. The van der Waals surface area contributed by atoms with Gasteiger partial charge in [0.05, 0.1) is 19.1 Å². The van der Waals surface area contributed by atoms with E-state index in [1.807, 2.05) is 6.07 Å². The third-order valence-corrected chi connectivity index (χ3v) is 4.71. The van der Waals surface area contributed by atoms with E-state index in [0.717, 1.165) is 24.6 Å². The minimum Gasteiger partial charge on any atom is -0.497 e.